The Bertz CT molecular complexity index is 308. The van der Waals surface area contributed by atoms with Gasteiger partial charge < -0.3 is 5.32 Å². The van der Waals surface area contributed by atoms with Crippen LogP contribution in [0.3, 0.4) is 0 Å². The number of alkyl halides is 3. The van der Waals surface area contributed by atoms with Crippen LogP contribution >= 0.6 is 0 Å². The van der Waals surface area contributed by atoms with Gasteiger partial charge in [-0.1, -0.05) is 6.92 Å². The molecule has 17 heavy (non-hydrogen) atoms. The lowest BCUT2D eigenvalue weighted by atomic mass is 9.84. The Morgan fingerprint density at radius 2 is 2.06 bits per heavy atom. The van der Waals surface area contributed by atoms with Crippen molar-refractivity contribution >= 4 is 10.8 Å². The molecule has 1 aliphatic heterocycles. The van der Waals surface area contributed by atoms with E-state index in [4.69, 9.17) is 0 Å². The van der Waals surface area contributed by atoms with Gasteiger partial charge in [-0.3, -0.25) is 4.21 Å². The van der Waals surface area contributed by atoms with Crippen LogP contribution in [0.4, 0.5) is 13.2 Å². The molecule has 1 saturated carbocycles. The molecule has 5 atom stereocenters. The van der Waals surface area contributed by atoms with E-state index in [9.17, 15) is 17.4 Å². The van der Waals surface area contributed by atoms with E-state index in [-0.39, 0.29) is 30.2 Å². The molecule has 100 valence electrons. The predicted octanol–water partition coefficient (Wildman–Crippen LogP) is 2.22. The number of halogens is 3. The van der Waals surface area contributed by atoms with Crippen molar-refractivity contribution in [1.29, 1.82) is 0 Å². The molecule has 0 aromatic rings. The van der Waals surface area contributed by atoms with Crippen LogP contribution in [0.1, 0.15) is 32.6 Å². The first-order valence-corrected chi connectivity index (χ1v) is 7.50. The molecule has 2 fully saturated rings. The molecule has 5 unspecified atom stereocenters. The van der Waals surface area contributed by atoms with Gasteiger partial charge in [0.05, 0.1) is 11.2 Å². The average Bonchev–Trinajstić information content (AvgIpc) is 2.27. The van der Waals surface area contributed by atoms with Crippen molar-refractivity contribution in [2.45, 2.75) is 56.1 Å². The average molecular weight is 269 g/mol. The zero-order valence-electron chi connectivity index (χ0n) is 9.80. The minimum atomic E-state index is -4.13. The summed E-state index contributed by atoms with van der Waals surface area (Å²) in [5.74, 6) is -0.755. The Hall–Kier alpha value is -0.100. The van der Waals surface area contributed by atoms with Crippen LogP contribution in [0.2, 0.25) is 0 Å². The predicted molar refractivity (Wildman–Crippen MR) is 61.2 cm³/mol. The van der Waals surface area contributed by atoms with Gasteiger partial charge in [0, 0.05) is 28.6 Å². The fourth-order valence-corrected chi connectivity index (χ4v) is 4.82. The van der Waals surface area contributed by atoms with E-state index in [1.54, 1.807) is 0 Å². The first kappa shape index (κ1) is 13.3. The molecule has 0 amide bonds. The smallest absolute Gasteiger partial charge is 0.309 e. The normalized spacial score (nSPS) is 43.2. The van der Waals surface area contributed by atoms with E-state index in [1.165, 1.54) is 0 Å². The summed E-state index contributed by atoms with van der Waals surface area (Å²) in [4.78, 5) is 0. The summed E-state index contributed by atoms with van der Waals surface area (Å²) in [6.07, 6.45) is -2.54. The number of hydrogen-bond donors (Lipinski definition) is 1. The highest BCUT2D eigenvalue weighted by Gasteiger charge is 2.48. The first-order valence-electron chi connectivity index (χ1n) is 6.11. The summed E-state index contributed by atoms with van der Waals surface area (Å²) in [7, 11) is -1.10. The summed E-state index contributed by atoms with van der Waals surface area (Å²) >= 11 is 0. The Labute approximate surface area is 102 Å². The highest BCUT2D eigenvalue weighted by atomic mass is 32.2. The van der Waals surface area contributed by atoms with Crippen molar-refractivity contribution in [3.05, 3.63) is 0 Å². The standard InChI is InChI=1S/C11H18F3NOS/c1-2-8-6-17(16)10-5-7(11(12,13)14)3-4-9(10)15-8/h7-10,15H,2-6H2,1H3. The lowest BCUT2D eigenvalue weighted by Gasteiger charge is -2.42. The second-order valence-electron chi connectivity index (χ2n) is 5.02. The molecule has 1 N–H and O–H groups in total. The third-order valence-electron chi connectivity index (χ3n) is 3.90. The second kappa shape index (κ2) is 4.88. The van der Waals surface area contributed by atoms with E-state index < -0.39 is 22.9 Å². The van der Waals surface area contributed by atoms with Crippen molar-refractivity contribution in [3.8, 4) is 0 Å². The van der Waals surface area contributed by atoms with Crippen LogP contribution in [0, 0.1) is 5.92 Å². The maximum atomic E-state index is 12.7. The molecular weight excluding hydrogens is 251 g/mol. The number of nitrogens with one attached hydrogen (secondary N) is 1. The van der Waals surface area contributed by atoms with Crippen molar-refractivity contribution in [3.63, 3.8) is 0 Å². The minimum Gasteiger partial charge on any atom is -0.309 e. The van der Waals surface area contributed by atoms with Crippen LogP contribution in [-0.2, 0) is 10.8 Å². The summed E-state index contributed by atoms with van der Waals surface area (Å²) < 4.78 is 49.9. The lowest BCUT2D eigenvalue weighted by molar-refractivity contribution is -0.182. The highest BCUT2D eigenvalue weighted by Crippen LogP contribution is 2.40. The molecule has 0 bridgehead atoms. The van der Waals surface area contributed by atoms with Crippen LogP contribution in [0.25, 0.3) is 0 Å². The molecule has 0 radical (unpaired) electrons. The quantitative estimate of drug-likeness (QED) is 0.791. The van der Waals surface area contributed by atoms with E-state index in [2.05, 4.69) is 5.32 Å². The fourth-order valence-electron chi connectivity index (χ4n) is 2.82. The van der Waals surface area contributed by atoms with Crippen LogP contribution in [0.15, 0.2) is 0 Å². The summed E-state index contributed by atoms with van der Waals surface area (Å²) in [6.45, 7) is 2.01. The van der Waals surface area contributed by atoms with Gasteiger partial charge in [0.2, 0.25) is 0 Å². The summed E-state index contributed by atoms with van der Waals surface area (Å²) in [5, 5.41) is 3.04. The first-order chi connectivity index (χ1) is 7.91. The highest BCUT2D eigenvalue weighted by molar-refractivity contribution is 7.85. The molecule has 0 aromatic carbocycles. The maximum Gasteiger partial charge on any atom is 0.391 e. The number of rotatable bonds is 1. The van der Waals surface area contributed by atoms with Crippen LogP contribution in [-0.4, -0.2) is 33.5 Å². The Balaban J connectivity index is 2.04. The minimum absolute atomic E-state index is 0.0214. The third kappa shape index (κ3) is 2.84. The fraction of sp³-hybridized carbons (Fsp3) is 1.00. The number of fused-ring (bicyclic) bond motifs is 1. The summed E-state index contributed by atoms with van der Waals surface area (Å²) in [5.41, 5.74) is 0. The lowest BCUT2D eigenvalue weighted by Crippen LogP contribution is -2.58. The molecular formula is C11H18F3NOS. The van der Waals surface area contributed by atoms with Gasteiger partial charge in [-0.25, -0.2) is 0 Å². The maximum absolute atomic E-state index is 12.7. The Morgan fingerprint density at radius 1 is 1.35 bits per heavy atom. The van der Waals surface area contributed by atoms with Crippen LogP contribution < -0.4 is 5.32 Å². The van der Waals surface area contributed by atoms with E-state index in [0.29, 0.717) is 12.2 Å². The molecule has 2 rings (SSSR count). The Morgan fingerprint density at radius 3 is 2.65 bits per heavy atom. The van der Waals surface area contributed by atoms with Crippen molar-refractivity contribution < 1.29 is 17.4 Å². The zero-order chi connectivity index (χ0) is 12.6. The van der Waals surface area contributed by atoms with E-state index in [1.807, 2.05) is 6.92 Å². The van der Waals surface area contributed by atoms with Gasteiger partial charge in [-0.05, 0) is 25.7 Å². The SMILES string of the molecule is CCC1CS(=O)C2CC(C(F)(F)F)CCC2N1. The van der Waals surface area contributed by atoms with Crippen molar-refractivity contribution in [1.82, 2.24) is 5.32 Å². The molecule has 1 saturated heterocycles. The van der Waals surface area contributed by atoms with Gasteiger partial charge in [-0.2, -0.15) is 13.2 Å². The molecule has 2 aliphatic rings. The van der Waals surface area contributed by atoms with Gasteiger partial charge in [-0.15, -0.1) is 0 Å². The Kier molecular flexibility index (Phi) is 3.83. The molecule has 1 aliphatic carbocycles. The van der Waals surface area contributed by atoms with Gasteiger partial charge >= 0.3 is 6.18 Å². The van der Waals surface area contributed by atoms with Crippen molar-refractivity contribution in [2.24, 2.45) is 5.92 Å². The summed E-state index contributed by atoms with van der Waals surface area (Å²) in [6, 6.07) is 0.229. The van der Waals surface area contributed by atoms with Gasteiger partial charge in [0.1, 0.15) is 0 Å². The van der Waals surface area contributed by atoms with E-state index >= 15 is 0 Å². The molecule has 1 heterocycles. The van der Waals surface area contributed by atoms with E-state index in [0.717, 1.165) is 6.42 Å². The second-order valence-corrected chi connectivity index (χ2v) is 6.72. The third-order valence-corrected chi connectivity index (χ3v) is 5.83. The molecule has 6 heteroatoms. The van der Waals surface area contributed by atoms with Gasteiger partial charge in [0.15, 0.2) is 0 Å². The topological polar surface area (TPSA) is 29.1 Å². The van der Waals surface area contributed by atoms with Gasteiger partial charge in [0.25, 0.3) is 0 Å². The number of hydrogen-bond acceptors (Lipinski definition) is 2. The largest absolute Gasteiger partial charge is 0.391 e. The molecule has 0 aromatic heterocycles. The van der Waals surface area contributed by atoms with Crippen molar-refractivity contribution in [2.75, 3.05) is 5.75 Å². The molecule has 0 spiro atoms. The zero-order valence-corrected chi connectivity index (χ0v) is 10.6. The van der Waals surface area contributed by atoms with Crippen LogP contribution in [0.5, 0.6) is 0 Å². The monoisotopic (exact) mass is 269 g/mol. The molecule has 2 nitrogen and oxygen atoms in total.